The standard InChI is InChI=1S/C59H94O6/c1-4-7-10-13-16-19-22-25-27-28-29-30-32-34-37-40-43-46-49-52-58(61)64-55-56(54-63-57(60)51-48-45-42-39-36-33-24-21-18-15-12-9-6-3)65-59(62)53-50-47-44-41-38-35-31-26-23-20-17-14-11-8-5-2/h7-8,10-11,14,16-17,19-20,23,25-27,29-31,33,36,42,45,56H,4-6,9,12-13,15,18,21-22,24,28,32,34-35,37-41,43-44,46-55H2,1-3H3/b10-7-,11-8-,17-14-,19-16-,23-20-,27-25-,30-29-,31-26-,36-33-,45-42-. The lowest BCUT2D eigenvalue weighted by Gasteiger charge is -2.18. The fraction of sp³-hybridized carbons (Fsp3) is 0.610. The summed E-state index contributed by atoms with van der Waals surface area (Å²) in [5.74, 6) is -1.03. The maximum Gasteiger partial charge on any atom is 0.306 e. The van der Waals surface area contributed by atoms with Crippen molar-refractivity contribution in [1.82, 2.24) is 0 Å². The van der Waals surface area contributed by atoms with Crippen LogP contribution in [0.2, 0.25) is 0 Å². The summed E-state index contributed by atoms with van der Waals surface area (Å²) in [5.41, 5.74) is 0. The van der Waals surface area contributed by atoms with Gasteiger partial charge in [-0.1, -0.05) is 219 Å². The average molecular weight is 899 g/mol. The lowest BCUT2D eigenvalue weighted by molar-refractivity contribution is -0.166. The third-order valence-corrected chi connectivity index (χ3v) is 10.5. The Hall–Kier alpha value is -4.19. The molecule has 0 spiro atoms. The van der Waals surface area contributed by atoms with Crippen molar-refractivity contribution >= 4 is 17.9 Å². The minimum atomic E-state index is -0.822. The van der Waals surface area contributed by atoms with E-state index in [1.165, 1.54) is 51.4 Å². The molecule has 0 bridgehead atoms. The SMILES string of the molecule is CC\C=C/C=C\C=C/C=C\CCCCCCCC(=O)OC(COC(=O)CC/C=C\C/C=C\CCCCCCCC)COC(=O)CCCCCCCC/C=C\C/C=C\C/C=C\C/C=C\CC. The van der Waals surface area contributed by atoms with E-state index in [4.69, 9.17) is 14.2 Å². The number of carbonyl (C=O) groups is 3. The first-order valence-electron chi connectivity index (χ1n) is 26.1. The maximum atomic E-state index is 12.8. The van der Waals surface area contributed by atoms with Crippen molar-refractivity contribution in [3.63, 3.8) is 0 Å². The molecule has 6 heteroatoms. The van der Waals surface area contributed by atoms with Gasteiger partial charge in [0.15, 0.2) is 6.10 Å². The molecule has 0 fully saturated rings. The van der Waals surface area contributed by atoms with Crippen LogP contribution in [0, 0.1) is 0 Å². The Balaban J connectivity index is 4.51. The molecule has 0 aliphatic rings. The zero-order chi connectivity index (χ0) is 47.2. The molecule has 0 aromatic rings. The molecule has 0 aliphatic heterocycles. The van der Waals surface area contributed by atoms with Crippen molar-refractivity contribution in [2.24, 2.45) is 0 Å². The van der Waals surface area contributed by atoms with Gasteiger partial charge >= 0.3 is 17.9 Å². The number of rotatable bonds is 45. The normalized spacial score (nSPS) is 13.1. The lowest BCUT2D eigenvalue weighted by Crippen LogP contribution is -2.30. The van der Waals surface area contributed by atoms with Gasteiger partial charge in [-0.3, -0.25) is 14.4 Å². The summed E-state index contributed by atoms with van der Waals surface area (Å²) in [6, 6.07) is 0. The van der Waals surface area contributed by atoms with Crippen LogP contribution in [0.15, 0.2) is 122 Å². The van der Waals surface area contributed by atoms with E-state index < -0.39 is 6.10 Å². The third kappa shape index (κ3) is 50.7. The Labute approximate surface area is 399 Å². The Morgan fingerprint density at radius 1 is 0.338 bits per heavy atom. The van der Waals surface area contributed by atoms with Crippen molar-refractivity contribution < 1.29 is 28.6 Å². The van der Waals surface area contributed by atoms with E-state index in [2.05, 4.69) is 112 Å². The molecule has 366 valence electrons. The molecule has 1 atom stereocenters. The predicted molar refractivity (Wildman–Crippen MR) is 279 cm³/mol. The van der Waals surface area contributed by atoms with Crippen LogP contribution in [0.3, 0.4) is 0 Å². The van der Waals surface area contributed by atoms with Crippen LogP contribution in [-0.4, -0.2) is 37.2 Å². The minimum absolute atomic E-state index is 0.116. The van der Waals surface area contributed by atoms with Gasteiger partial charge in [-0.05, 0) is 96.3 Å². The van der Waals surface area contributed by atoms with Crippen molar-refractivity contribution in [3.8, 4) is 0 Å². The average Bonchev–Trinajstić information content (AvgIpc) is 3.30. The molecule has 0 aliphatic carbocycles. The largest absolute Gasteiger partial charge is 0.462 e. The molecular formula is C59H94O6. The van der Waals surface area contributed by atoms with Crippen LogP contribution in [0.5, 0.6) is 0 Å². The van der Waals surface area contributed by atoms with Crippen LogP contribution >= 0.6 is 0 Å². The molecule has 0 heterocycles. The zero-order valence-corrected chi connectivity index (χ0v) is 41.7. The number of esters is 3. The summed E-state index contributed by atoms with van der Waals surface area (Å²) in [6.07, 6.45) is 71.9. The van der Waals surface area contributed by atoms with E-state index >= 15 is 0 Å². The topological polar surface area (TPSA) is 78.9 Å². The highest BCUT2D eigenvalue weighted by Crippen LogP contribution is 2.13. The molecule has 0 saturated carbocycles. The van der Waals surface area contributed by atoms with Gasteiger partial charge in [-0.2, -0.15) is 0 Å². The molecule has 0 N–H and O–H groups in total. The van der Waals surface area contributed by atoms with Gasteiger partial charge in [0.25, 0.3) is 0 Å². The number of allylic oxidation sites excluding steroid dienone is 20. The molecule has 0 amide bonds. The van der Waals surface area contributed by atoms with Crippen molar-refractivity contribution in [2.45, 2.75) is 219 Å². The predicted octanol–water partition coefficient (Wildman–Crippen LogP) is 17.3. The second kappa shape index (κ2) is 52.4. The Kier molecular flexibility index (Phi) is 49.1. The summed E-state index contributed by atoms with van der Waals surface area (Å²) in [7, 11) is 0. The quantitative estimate of drug-likeness (QED) is 0.0199. The van der Waals surface area contributed by atoms with E-state index in [1.54, 1.807) is 0 Å². The Morgan fingerprint density at radius 2 is 0.708 bits per heavy atom. The van der Waals surface area contributed by atoms with Crippen molar-refractivity contribution in [2.75, 3.05) is 13.2 Å². The van der Waals surface area contributed by atoms with Gasteiger partial charge in [0, 0.05) is 19.3 Å². The molecule has 0 aromatic carbocycles. The molecule has 1 unspecified atom stereocenters. The fourth-order valence-electron chi connectivity index (χ4n) is 6.67. The van der Waals surface area contributed by atoms with Crippen LogP contribution < -0.4 is 0 Å². The van der Waals surface area contributed by atoms with Crippen molar-refractivity contribution in [3.05, 3.63) is 122 Å². The number of hydrogen-bond acceptors (Lipinski definition) is 6. The van der Waals surface area contributed by atoms with Gasteiger partial charge in [0.05, 0.1) is 0 Å². The fourth-order valence-corrected chi connectivity index (χ4v) is 6.67. The van der Waals surface area contributed by atoms with Gasteiger partial charge in [0.1, 0.15) is 13.2 Å². The number of ether oxygens (including phenoxy) is 3. The van der Waals surface area contributed by atoms with E-state index in [0.29, 0.717) is 12.8 Å². The number of hydrogen-bond donors (Lipinski definition) is 0. The molecular weight excluding hydrogens is 805 g/mol. The third-order valence-electron chi connectivity index (χ3n) is 10.5. The molecule has 65 heavy (non-hydrogen) atoms. The highest BCUT2D eigenvalue weighted by Gasteiger charge is 2.19. The van der Waals surface area contributed by atoms with Gasteiger partial charge in [-0.25, -0.2) is 0 Å². The smallest absolute Gasteiger partial charge is 0.306 e. The summed E-state index contributed by atoms with van der Waals surface area (Å²) in [6.45, 7) is 6.28. The van der Waals surface area contributed by atoms with Crippen LogP contribution in [0.4, 0.5) is 0 Å². The first-order valence-corrected chi connectivity index (χ1v) is 26.1. The second-order valence-electron chi connectivity index (χ2n) is 16.8. The number of carbonyl (C=O) groups excluding carboxylic acids is 3. The zero-order valence-electron chi connectivity index (χ0n) is 41.7. The monoisotopic (exact) mass is 899 g/mol. The van der Waals surface area contributed by atoms with Gasteiger partial charge in [-0.15, -0.1) is 0 Å². The molecule has 6 nitrogen and oxygen atoms in total. The lowest BCUT2D eigenvalue weighted by atomic mass is 10.1. The summed E-state index contributed by atoms with van der Waals surface area (Å²) in [4.78, 5) is 38.0. The van der Waals surface area contributed by atoms with Crippen LogP contribution in [-0.2, 0) is 28.6 Å². The van der Waals surface area contributed by atoms with Gasteiger partial charge < -0.3 is 14.2 Å². The minimum Gasteiger partial charge on any atom is -0.462 e. The van der Waals surface area contributed by atoms with E-state index in [1.807, 2.05) is 30.4 Å². The first kappa shape index (κ1) is 60.8. The highest BCUT2D eigenvalue weighted by atomic mass is 16.6. The molecule has 0 rings (SSSR count). The molecule has 0 radical (unpaired) electrons. The van der Waals surface area contributed by atoms with Crippen LogP contribution in [0.25, 0.3) is 0 Å². The summed E-state index contributed by atoms with van der Waals surface area (Å²) in [5, 5.41) is 0. The first-order chi connectivity index (χ1) is 32.0. The molecule has 0 saturated heterocycles. The van der Waals surface area contributed by atoms with E-state index in [9.17, 15) is 14.4 Å². The molecule has 0 aromatic heterocycles. The van der Waals surface area contributed by atoms with Crippen molar-refractivity contribution in [1.29, 1.82) is 0 Å². The summed E-state index contributed by atoms with van der Waals surface area (Å²) < 4.78 is 16.7. The summed E-state index contributed by atoms with van der Waals surface area (Å²) >= 11 is 0. The van der Waals surface area contributed by atoms with E-state index in [-0.39, 0.29) is 44.0 Å². The second-order valence-corrected chi connectivity index (χ2v) is 16.8. The van der Waals surface area contributed by atoms with Crippen LogP contribution in [0.1, 0.15) is 213 Å². The van der Waals surface area contributed by atoms with E-state index in [0.717, 1.165) is 116 Å². The maximum absolute atomic E-state index is 12.8. The Bertz CT molecular complexity index is 1400. The number of unbranched alkanes of at least 4 members (excludes halogenated alkanes) is 17. The Morgan fingerprint density at radius 3 is 1.22 bits per heavy atom. The highest BCUT2D eigenvalue weighted by molar-refractivity contribution is 5.71. The van der Waals surface area contributed by atoms with Gasteiger partial charge in [0.2, 0.25) is 0 Å².